The fourth-order valence-corrected chi connectivity index (χ4v) is 1.86. The summed E-state index contributed by atoms with van der Waals surface area (Å²) in [4.78, 5) is 0. The Labute approximate surface area is 90.4 Å². The molecule has 1 aliphatic rings. The molecule has 0 atom stereocenters. The van der Waals surface area contributed by atoms with Gasteiger partial charge in [0.25, 0.3) is 0 Å². The number of hydrogen-bond acceptors (Lipinski definition) is 2. The van der Waals surface area contributed by atoms with Crippen LogP contribution in [-0.4, -0.2) is 17.2 Å². The summed E-state index contributed by atoms with van der Waals surface area (Å²) in [6, 6.07) is 8.28. The van der Waals surface area contributed by atoms with Crippen molar-refractivity contribution in [2.24, 2.45) is 0 Å². The molecule has 1 aliphatic carbocycles. The summed E-state index contributed by atoms with van der Waals surface area (Å²) < 4.78 is 0. The molecule has 1 aromatic rings. The standard InChI is InChI=1S/C12H15BO2/c14-13(15)8-7-10-3-1-6-12(9-10)11-4-2-5-11/h1,3,6-9,11,14-15H,2,4-5H2/b8-7+. The Hall–Kier alpha value is -1.06. The Morgan fingerprint density at radius 2 is 2.07 bits per heavy atom. The molecule has 0 amide bonds. The minimum absolute atomic E-state index is 0.720. The summed E-state index contributed by atoms with van der Waals surface area (Å²) >= 11 is 0. The van der Waals surface area contributed by atoms with Crippen molar-refractivity contribution in [2.45, 2.75) is 25.2 Å². The minimum Gasteiger partial charge on any atom is -0.424 e. The Kier molecular flexibility index (Phi) is 3.24. The molecule has 0 unspecified atom stereocenters. The third kappa shape index (κ3) is 2.70. The number of benzene rings is 1. The summed E-state index contributed by atoms with van der Waals surface area (Å²) in [5.41, 5.74) is 2.41. The summed E-state index contributed by atoms with van der Waals surface area (Å²) in [7, 11) is -1.36. The van der Waals surface area contributed by atoms with Crippen molar-refractivity contribution >= 4 is 13.2 Å². The smallest absolute Gasteiger partial charge is 0.424 e. The largest absolute Gasteiger partial charge is 0.480 e. The molecular formula is C12H15BO2. The van der Waals surface area contributed by atoms with Crippen LogP contribution in [0.3, 0.4) is 0 Å². The first-order valence-corrected chi connectivity index (χ1v) is 5.40. The Bertz CT molecular complexity index is 356. The first-order chi connectivity index (χ1) is 7.25. The van der Waals surface area contributed by atoms with E-state index in [1.807, 2.05) is 12.1 Å². The van der Waals surface area contributed by atoms with Gasteiger partial charge in [0, 0.05) is 0 Å². The molecule has 2 nitrogen and oxygen atoms in total. The molecule has 0 radical (unpaired) electrons. The van der Waals surface area contributed by atoms with E-state index in [0.717, 1.165) is 11.5 Å². The highest BCUT2D eigenvalue weighted by Crippen LogP contribution is 2.36. The summed E-state index contributed by atoms with van der Waals surface area (Å²) in [6.45, 7) is 0. The molecule has 78 valence electrons. The Balaban J connectivity index is 2.11. The lowest BCUT2D eigenvalue weighted by atomic mass is 9.79. The lowest BCUT2D eigenvalue weighted by Crippen LogP contribution is -2.08. The third-order valence-electron chi connectivity index (χ3n) is 2.95. The summed E-state index contributed by atoms with van der Waals surface area (Å²) in [5.74, 6) is 2.09. The SMILES string of the molecule is OB(O)/C=C/c1cccc(C2CCC2)c1. The van der Waals surface area contributed by atoms with E-state index in [2.05, 4.69) is 12.1 Å². The van der Waals surface area contributed by atoms with Crippen molar-refractivity contribution in [3.63, 3.8) is 0 Å². The second-order valence-electron chi connectivity index (χ2n) is 4.07. The van der Waals surface area contributed by atoms with Crippen molar-refractivity contribution in [3.8, 4) is 0 Å². The normalized spacial score (nSPS) is 16.7. The summed E-state index contributed by atoms with van der Waals surface area (Å²) in [6.07, 6.45) is 5.65. The maximum Gasteiger partial charge on any atom is 0.480 e. The van der Waals surface area contributed by atoms with Crippen molar-refractivity contribution in [3.05, 3.63) is 41.4 Å². The fraction of sp³-hybridized carbons (Fsp3) is 0.333. The molecule has 2 N–H and O–H groups in total. The van der Waals surface area contributed by atoms with Gasteiger partial charge in [-0.05, 0) is 29.9 Å². The van der Waals surface area contributed by atoms with Gasteiger partial charge in [0.05, 0.1) is 0 Å². The molecule has 1 aromatic carbocycles. The zero-order valence-corrected chi connectivity index (χ0v) is 8.63. The van der Waals surface area contributed by atoms with E-state index >= 15 is 0 Å². The molecule has 2 rings (SSSR count). The molecule has 0 heterocycles. The van der Waals surface area contributed by atoms with Crippen LogP contribution in [0.2, 0.25) is 0 Å². The van der Waals surface area contributed by atoms with E-state index in [1.54, 1.807) is 6.08 Å². The molecule has 15 heavy (non-hydrogen) atoms. The lowest BCUT2D eigenvalue weighted by Gasteiger charge is -2.25. The maximum atomic E-state index is 8.72. The lowest BCUT2D eigenvalue weighted by molar-refractivity contribution is 0.420. The maximum absolute atomic E-state index is 8.72. The zero-order valence-electron chi connectivity index (χ0n) is 8.63. The first-order valence-electron chi connectivity index (χ1n) is 5.40. The number of hydrogen-bond donors (Lipinski definition) is 2. The first kappa shape index (κ1) is 10.5. The number of rotatable bonds is 3. The average Bonchev–Trinajstić information content (AvgIpc) is 2.13. The Morgan fingerprint density at radius 1 is 1.27 bits per heavy atom. The van der Waals surface area contributed by atoms with E-state index in [-0.39, 0.29) is 0 Å². The van der Waals surface area contributed by atoms with E-state index in [0.29, 0.717) is 0 Å². The molecule has 0 aliphatic heterocycles. The van der Waals surface area contributed by atoms with Crippen LogP contribution in [0, 0.1) is 0 Å². The van der Waals surface area contributed by atoms with Crippen LogP contribution in [0.4, 0.5) is 0 Å². The van der Waals surface area contributed by atoms with Gasteiger partial charge in [0.15, 0.2) is 0 Å². The third-order valence-corrected chi connectivity index (χ3v) is 2.95. The highest BCUT2D eigenvalue weighted by Gasteiger charge is 2.18. The quantitative estimate of drug-likeness (QED) is 0.735. The van der Waals surface area contributed by atoms with Gasteiger partial charge in [0.2, 0.25) is 0 Å². The predicted octanol–water partition coefficient (Wildman–Crippen LogP) is 1.98. The van der Waals surface area contributed by atoms with Crippen molar-refractivity contribution in [1.29, 1.82) is 0 Å². The van der Waals surface area contributed by atoms with Gasteiger partial charge in [-0.3, -0.25) is 0 Å². The van der Waals surface area contributed by atoms with Crippen molar-refractivity contribution < 1.29 is 10.0 Å². The van der Waals surface area contributed by atoms with Crippen molar-refractivity contribution in [2.75, 3.05) is 0 Å². The van der Waals surface area contributed by atoms with Crippen LogP contribution in [0.1, 0.15) is 36.3 Å². The second-order valence-corrected chi connectivity index (χ2v) is 4.07. The van der Waals surface area contributed by atoms with Gasteiger partial charge in [-0.25, -0.2) is 0 Å². The Morgan fingerprint density at radius 3 is 2.67 bits per heavy atom. The molecule has 0 aromatic heterocycles. The van der Waals surface area contributed by atoms with Gasteiger partial charge in [-0.1, -0.05) is 42.7 Å². The topological polar surface area (TPSA) is 40.5 Å². The van der Waals surface area contributed by atoms with E-state index in [4.69, 9.17) is 10.0 Å². The molecule has 1 fully saturated rings. The average molecular weight is 202 g/mol. The molecule has 0 bridgehead atoms. The van der Waals surface area contributed by atoms with Crippen LogP contribution in [0.25, 0.3) is 6.08 Å². The molecule has 1 saturated carbocycles. The highest BCUT2D eigenvalue weighted by molar-refractivity contribution is 6.48. The van der Waals surface area contributed by atoms with Gasteiger partial charge in [0.1, 0.15) is 0 Å². The summed E-state index contributed by atoms with van der Waals surface area (Å²) in [5, 5.41) is 17.4. The van der Waals surface area contributed by atoms with Gasteiger partial charge < -0.3 is 10.0 Å². The van der Waals surface area contributed by atoms with Crippen LogP contribution in [0.5, 0.6) is 0 Å². The van der Waals surface area contributed by atoms with Crippen LogP contribution in [0.15, 0.2) is 30.2 Å². The van der Waals surface area contributed by atoms with Crippen molar-refractivity contribution in [1.82, 2.24) is 0 Å². The van der Waals surface area contributed by atoms with Crippen LogP contribution < -0.4 is 0 Å². The minimum atomic E-state index is -1.36. The predicted molar refractivity (Wildman–Crippen MR) is 62.3 cm³/mol. The molecule has 0 spiro atoms. The van der Waals surface area contributed by atoms with E-state index < -0.39 is 7.12 Å². The second kappa shape index (κ2) is 4.64. The van der Waals surface area contributed by atoms with E-state index in [9.17, 15) is 0 Å². The highest BCUT2D eigenvalue weighted by atomic mass is 16.4. The van der Waals surface area contributed by atoms with E-state index in [1.165, 1.54) is 30.8 Å². The molecule has 0 saturated heterocycles. The van der Waals surface area contributed by atoms with Gasteiger partial charge in [-0.2, -0.15) is 0 Å². The fourth-order valence-electron chi connectivity index (χ4n) is 1.86. The molecule has 3 heteroatoms. The zero-order chi connectivity index (χ0) is 10.7. The van der Waals surface area contributed by atoms with Crippen LogP contribution >= 0.6 is 0 Å². The van der Waals surface area contributed by atoms with Crippen LogP contribution in [-0.2, 0) is 0 Å². The molecular weight excluding hydrogens is 187 g/mol. The van der Waals surface area contributed by atoms with Gasteiger partial charge in [-0.15, -0.1) is 0 Å². The van der Waals surface area contributed by atoms with Gasteiger partial charge >= 0.3 is 7.12 Å². The monoisotopic (exact) mass is 202 g/mol.